The molecule has 0 bridgehead atoms. The van der Waals surface area contributed by atoms with E-state index in [-0.39, 0.29) is 0 Å². The second-order valence-electron chi connectivity index (χ2n) is 5.33. The first-order valence-corrected chi connectivity index (χ1v) is 7.14. The number of likely N-dealkylation sites (tertiary alicyclic amines) is 1. The molecule has 0 unspecified atom stereocenters. The third-order valence-corrected chi connectivity index (χ3v) is 4.16. The van der Waals surface area contributed by atoms with Crippen LogP contribution in [0.2, 0.25) is 0 Å². The summed E-state index contributed by atoms with van der Waals surface area (Å²) >= 11 is 0. The van der Waals surface area contributed by atoms with Crippen LogP contribution in [0.25, 0.3) is 5.69 Å². The molecule has 0 amide bonds. The van der Waals surface area contributed by atoms with E-state index < -0.39 is 5.60 Å². The van der Waals surface area contributed by atoms with E-state index in [9.17, 15) is 5.11 Å². The summed E-state index contributed by atoms with van der Waals surface area (Å²) in [7, 11) is 0. The van der Waals surface area contributed by atoms with Crippen molar-refractivity contribution < 1.29 is 5.11 Å². The van der Waals surface area contributed by atoms with Gasteiger partial charge in [-0.2, -0.15) is 0 Å². The number of piperidine rings is 1. The molecular formula is C15H20N4O. The SMILES string of the molecule is CCN1CCC(O)(c2cnnn2-c2ccccc2)CC1. The van der Waals surface area contributed by atoms with E-state index >= 15 is 0 Å². The Hall–Kier alpha value is -1.72. The standard InChI is InChI=1S/C15H20N4O/c1-2-18-10-8-15(20,9-11-18)14-12-16-17-19(14)13-6-4-3-5-7-13/h3-7,12,20H,2,8-11H2,1H3. The van der Waals surface area contributed by atoms with Crippen LogP contribution in [-0.4, -0.2) is 44.6 Å². The molecule has 5 nitrogen and oxygen atoms in total. The van der Waals surface area contributed by atoms with Gasteiger partial charge in [-0.15, -0.1) is 5.10 Å². The molecule has 0 spiro atoms. The minimum absolute atomic E-state index is 0.723. The highest BCUT2D eigenvalue weighted by molar-refractivity contribution is 5.33. The van der Waals surface area contributed by atoms with Crippen LogP contribution in [0.1, 0.15) is 25.5 Å². The van der Waals surface area contributed by atoms with Crippen molar-refractivity contribution in [3.8, 4) is 5.69 Å². The average molecular weight is 272 g/mol. The minimum atomic E-state index is -0.828. The number of nitrogens with zero attached hydrogens (tertiary/aromatic N) is 4. The van der Waals surface area contributed by atoms with Gasteiger partial charge in [-0.25, -0.2) is 4.68 Å². The van der Waals surface area contributed by atoms with Crippen molar-refractivity contribution in [3.05, 3.63) is 42.2 Å². The molecule has 5 heteroatoms. The zero-order valence-corrected chi connectivity index (χ0v) is 11.7. The molecule has 1 aliphatic heterocycles. The van der Waals surface area contributed by atoms with Gasteiger partial charge in [-0.1, -0.05) is 30.3 Å². The molecule has 1 saturated heterocycles. The maximum Gasteiger partial charge on any atom is 0.111 e. The summed E-state index contributed by atoms with van der Waals surface area (Å²) in [6, 6.07) is 9.84. The number of rotatable bonds is 3. The van der Waals surface area contributed by atoms with E-state index in [1.165, 1.54) is 0 Å². The van der Waals surface area contributed by atoms with Crippen LogP contribution in [0.4, 0.5) is 0 Å². The Labute approximate surface area is 118 Å². The lowest BCUT2D eigenvalue weighted by Crippen LogP contribution is -2.43. The van der Waals surface area contributed by atoms with E-state index in [1.807, 2.05) is 30.3 Å². The van der Waals surface area contributed by atoms with E-state index in [4.69, 9.17) is 0 Å². The molecule has 1 fully saturated rings. The molecule has 20 heavy (non-hydrogen) atoms. The van der Waals surface area contributed by atoms with Gasteiger partial charge in [-0.3, -0.25) is 0 Å². The van der Waals surface area contributed by atoms with Crippen LogP contribution >= 0.6 is 0 Å². The van der Waals surface area contributed by atoms with Crippen LogP contribution < -0.4 is 0 Å². The molecule has 0 radical (unpaired) electrons. The summed E-state index contributed by atoms with van der Waals surface area (Å²) in [4.78, 5) is 2.35. The Bertz CT molecular complexity index is 558. The summed E-state index contributed by atoms with van der Waals surface area (Å²) < 4.78 is 1.75. The maximum absolute atomic E-state index is 11.0. The third-order valence-electron chi connectivity index (χ3n) is 4.16. The Balaban J connectivity index is 1.90. The van der Waals surface area contributed by atoms with Crippen LogP contribution in [-0.2, 0) is 5.60 Å². The first kappa shape index (κ1) is 13.3. The molecule has 2 aromatic rings. The number of aromatic nitrogens is 3. The van der Waals surface area contributed by atoms with E-state index in [1.54, 1.807) is 10.9 Å². The third kappa shape index (κ3) is 2.34. The summed E-state index contributed by atoms with van der Waals surface area (Å²) in [6.07, 6.45) is 3.14. The van der Waals surface area contributed by atoms with Gasteiger partial charge in [-0.05, 0) is 31.5 Å². The minimum Gasteiger partial charge on any atom is -0.383 e. The number of benzene rings is 1. The fourth-order valence-electron chi connectivity index (χ4n) is 2.81. The molecule has 0 aliphatic carbocycles. The second-order valence-corrected chi connectivity index (χ2v) is 5.33. The van der Waals surface area contributed by atoms with Crippen molar-refractivity contribution in [2.45, 2.75) is 25.4 Å². The fourth-order valence-corrected chi connectivity index (χ4v) is 2.81. The average Bonchev–Trinajstić information content (AvgIpc) is 2.99. The number of para-hydroxylation sites is 1. The van der Waals surface area contributed by atoms with Crippen molar-refractivity contribution in [1.29, 1.82) is 0 Å². The summed E-state index contributed by atoms with van der Waals surface area (Å²) in [5.74, 6) is 0. The van der Waals surface area contributed by atoms with Gasteiger partial charge in [0.05, 0.1) is 17.6 Å². The Morgan fingerprint density at radius 2 is 1.90 bits per heavy atom. The lowest BCUT2D eigenvalue weighted by atomic mass is 9.88. The normalized spacial score (nSPS) is 19.1. The summed E-state index contributed by atoms with van der Waals surface area (Å²) in [5, 5.41) is 19.1. The van der Waals surface area contributed by atoms with Crippen molar-refractivity contribution >= 4 is 0 Å². The predicted molar refractivity (Wildman–Crippen MR) is 76.6 cm³/mol. The van der Waals surface area contributed by atoms with Gasteiger partial charge >= 0.3 is 0 Å². The Morgan fingerprint density at radius 3 is 2.55 bits per heavy atom. The largest absolute Gasteiger partial charge is 0.383 e. The zero-order chi connectivity index (χ0) is 14.0. The fraction of sp³-hybridized carbons (Fsp3) is 0.467. The van der Waals surface area contributed by atoms with Gasteiger partial charge in [0.25, 0.3) is 0 Å². The first-order chi connectivity index (χ1) is 9.73. The molecule has 2 heterocycles. The van der Waals surface area contributed by atoms with E-state index in [2.05, 4.69) is 22.1 Å². The van der Waals surface area contributed by atoms with Gasteiger partial charge < -0.3 is 10.0 Å². The van der Waals surface area contributed by atoms with Gasteiger partial charge in [0.15, 0.2) is 0 Å². The quantitative estimate of drug-likeness (QED) is 0.921. The lowest BCUT2D eigenvalue weighted by molar-refractivity contribution is -0.0299. The molecule has 0 atom stereocenters. The van der Waals surface area contributed by atoms with E-state index in [0.29, 0.717) is 0 Å². The van der Waals surface area contributed by atoms with Crippen molar-refractivity contribution in [1.82, 2.24) is 19.9 Å². The van der Waals surface area contributed by atoms with Crippen LogP contribution in [0.5, 0.6) is 0 Å². The zero-order valence-electron chi connectivity index (χ0n) is 11.7. The molecule has 1 aromatic heterocycles. The lowest BCUT2D eigenvalue weighted by Gasteiger charge is -2.37. The molecule has 1 aliphatic rings. The monoisotopic (exact) mass is 272 g/mol. The molecule has 3 rings (SSSR count). The van der Waals surface area contributed by atoms with Crippen molar-refractivity contribution in [2.75, 3.05) is 19.6 Å². The topological polar surface area (TPSA) is 54.2 Å². The molecule has 0 saturated carbocycles. The summed E-state index contributed by atoms with van der Waals surface area (Å²) in [6.45, 7) is 5.01. The molecule has 1 N–H and O–H groups in total. The van der Waals surface area contributed by atoms with Gasteiger partial charge in [0.2, 0.25) is 0 Å². The van der Waals surface area contributed by atoms with Gasteiger partial charge in [0, 0.05) is 13.1 Å². The summed E-state index contributed by atoms with van der Waals surface area (Å²) in [5.41, 5.74) is 0.899. The highest BCUT2D eigenvalue weighted by Gasteiger charge is 2.37. The van der Waals surface area contributed by atoms with Gasteiger partial charge in [0.1, 0.15) is 5.60 Å². The Morgan fingerprint density at radius 1 is 1.20 bits per heavy atom. The number of hydrogen-bond acceptors (Lipinski definition) is 4. The second kappa shape index (κ2) is 5.34. The molecule has 1 aromatic carbocycles. The van der Waals surface area contributed by atoms with Crippen LogP contribution in [0, 0.1) is 0 Å². The highest BCUT2D eigenvalue weighted by atomic mass is 16.3. The predicted octanol–water partition coefficient (Wildman–Crippen LogP) is 1.57. The first-order valence-electron chi connectivity index (χ1n) is 7.14. The Kier molecular flexibility index (Phi) is 3.54. The smallest absolute Gasteiger partial charge is 0.111 e. The molecule has 106 valence electrons. The number of aliphatic hydroxyl groups is 1. The van der Waals surface area contributed by atoms with Crippen LogP contribution in [0.15, 0.2) is 36.5 Å². The van der Waals surface area contributed by atoms with Crippen LogP contribution in [0.3, 0.4) is 0 Å². The maximum atomic E-state index is 11.0. The van der Waals surface area contributed by atoms with E-state index in [0.717, 1.165) is 43.9 Å². The highest BCUT2D eigenvalue weighted by Crippen LogP contribution is 2.33. The number of hydrogen-bond donors (Lipinski definition) is 1. The molecular weight excluding hydrogens is 252 g/mol. The van der Waals surface area contributed by atoms with Crippen molar-refractivity contribution in [2.24, 2.45) is 0 Å². The van der Waals surface area contributed by atoms with Crippen molar-refractivity contribution in [3.63, 3.8) is 0 Å².